The van der Waals surface area contributed by atoms with Crippen LogP contribution in [0.3, 0.4) is 0 Å². The standard InChI is InChI=1S/C26H32N4O2/c1-17-10-11-21-22(29(17)26(31)32)12-13-23-25(21)28-24(15-19-7-4-3-5-8-19)30(23)18(2)20-9-6-14-27-16-20/h3-5,7-8,12-13,17-18,20,27H,6,9-11,14-16H2,1-2H3,(H,31,32)/t17-,18+,20-/m0/s1. The summed E-state index contributed by atoms with van der Waals surface area (Å²) in [7, 11) is 0. The van der Waals surface area contributed by atoms with Gasteiger partial charge in [-0.25, -0.2) is 9.78 Å². The molecule has 2 aliphatic rings. The van der Waals surface area contributed by atoms with Crippen LogP contribution < -0.4 is 10.2 Å². The van der Waals surface area contributed by atoms with E-state index in [9.17, 15) is 9.90 Å². The van der Waals surface area contributed by atoms with Crippen LogP contribution in [-0.2, 0) is 12.8 Å². The monoisotopic (exact) mass is 432 g/mol. The lowest BCUT2D eigenvalue weighted by atomic mass is 9.92. The fraction of sp³-hybridized carbons (Fsp3) is 0.462. The van der Waals surface area contributed by atoms with Gasteiger partial charge in [0, 0.05) is 24.1 Å². The van der Waals surface area contributed by atoms with Crippen molar-refractivity contribution < 1.29 is 9.90 Å². The Morgan fingerprint density at radius 1 is 1.22 bits per heavy atom. The summed E-state index contributed by atoms with van der Waals surface area (Å²) in [4.78, 5) is 18.7. The lowest BCUT2D eigenvalue weighted by molar-refractivity contribution is 0.198. The summed E-state index contributed by atoms with van der Waals surface area (Å²) in [6, 6.07) is 14.9. The Labute approximate surface area is 189 Å². The second-order valence-electron chi connectivity index (χ2n) is 9.38. The van der Waals surface area contributed by atoms with Crippen LogP contribution in [0.4, 0.5) is 10.5 Å². The minimum atomic E-state index is -0.886. The summed E-state index contributed by atoms with van der Waals surface area (Å²) in [5, 5.41) is 13.4. The smallest absolute Gasteiger partial charge is 0.412 e. The van der Waals surface area contributed by atoms with Crippen molar-refractivity contribution in [1.82, 2.24) is 14.9 Å². The predicted octanol–water partition coefficient (Wildman–Crippen LogP) is 5.01. The van der Waals surface area contributed by atoms with Gasteiger partial charge >= 0.3 is 6.09 Å². The average Bonchev–Trinajstić information content (AvgIpc) is 3.17. The van der Waals surface area contributed by atoms with Crippen molar-refractivity contribution in [2.75, 3.05) is 18.0 Å². The molecule has 3 atom stereocenters. The minimum absolute atomic E-state index is 0.0180. The first-order chi connectivity index (χ1) is 15.5. The van der Waals surface area contributed by atoms with Gasteiger partial charge in [0.15, 0.2) is 0 Å². The number of aryl methyl sites for hydroxylation is 1. The van der Waals surface area contributed by atoms with E-state index < -0.39 is 6.09 Å². The maximum Gasteiger partial charge on any atom is 0.412 e. The van der Waals surface area contributed by atoms with Gasteiger partial charge in [0.2, 0.25) is 0 Å². The Morgan fingerprint density at radius 3 is 2.75 bits per heavy atom. The van der Waals surface area contributed by atoms with Crippen LogP contribution in [0.15, 0.2) is 42.5 Å². The van der Waals surface area contributed by atoms with Crippen molar-refractivity contribution in [3.63, 3.8) is 0 Å². The molecule has 0 unspecified atom stereocenters. The fourth-order valence-electron chi connectivity index (χ4n) is 5.60. The van der Waals surface area contributed by atoms with Gasteiger partial charge in [0.25, 0.3) is 0 Å². The molecule has 2 N–H and O–H groups in total. The molecule has 0 bridgehead atoms. The highest BCUT2D eigenvalue weighted by Gasteiger charge is 2.32. The van der Waals surface area contributed by atoms with E-state index in [1.165, 1.54) is 23.3 Å². The molecule has 6 nitrogen and oxygen atoms in total. The molecular weight excluding hydrogens is 400 g/mol. The number of anilines is 1. The van der Waals surface area contributed by atoms with Crippen LogP contribution in [-0.4, -0.2) is 39.9 Å². The predicted molar refractivity (Wildman–Crippen MR) is 128 cm³/mol. The van der Waals surface area contributed by atoms with Crippen molar-refractivity contribution in [2.45, 2.75) is 58.0 Å². The van der Waals surface area contributed by atoms with Gasteiger partial charge in [0.1, 0.15) is 5.82 Å². The number of imidazole rings is 1. The van der Waals surface area contributed by atoms with Gasteiger partial charge in [-0.1, -0.05) is 30.3 Å². The van der Waals surface area contributed by atoms with Crippen LogP contribution in [0.5, 0.6) is 0 Å². The summed E-state index contributed by atoms with van der Waals surface area (Å²) in [5.41, 5.74) is 5.22. The Morgan fingerprint density at radius 2 is 2.03 bits per heavy atom. The topological polar surface area (TPSA) is 70.4 Å². The Bertz CT molecular complexity index is 1120. The lowest BCUT2D eigenvalue weighted by Gasteiger charge is -2.33. The highest BCUT2D eigenvalue weighted by Crippen LogP contribution is 2.38. The molecule has 2 aromatic carbocycles. The molecule has 1 fully saturated rings. The molecule has 2 aliphatic heterocycles. The van der Waals surface area contributed by atoms with Crippen LogP contribution in [0.2, 0.25) is 0 Å². The third-order valence-corrected chi connectivity index (χ3v) is 7.36. The Kier molecular flexibility index (Phi) is 5.64. The number of hydrogen-bond donors (Lipinski definition) is 2. The normalized spacial score (nSPS) is 22.0. The van der Waals surface area contributed by atoms with E-state index in [4.69, 9.17) is 4.98 Å². The average molecular weight is 433 g/mol. The Balaban J connectivity index is 1.65. The number of carboxylic acid groups (broad SMARTS) is 1. The first kappa shape index (κ1) is 21.0. The zero-order valence-electron chi connectivity index (χ0n) is 18.9. The number of carbonyl (C=O) groups is 1. The maximum atomic E-state index is 12.0. The molecule has 3 heterocycles. The maximum absolute atomic E-state index is 12.0. The van der Waals surface area contributed by atoms with E-state index in [2.05, 4.69) is 47.1 Å². The number of piperidine rings is 1. The Hall–Kier alpha value is -2.86. The number of rotatable bonds is 4. The molecule has 1 saturated heterocycles. The zero-order chi connectivity index (χ0) is 22.2. The molecule has 0 aliphatic carbocycles. The summed E-state index contributed by atoms with van der Waals surface area (Å²) < 4.78 is 2.43. The highest BCUT2D eigenvalue weighted by molar-refractivity contribution is 5.94. The minimum Gasteiger partial charge on any atom is -0.465 e. The van der Waals surface area contributed by atoms with E-state index in [1.54, 1.807) is 0 Å². The molecule has 0 spiro atoms. The first-order valence-electron chi connectivity index (χ1n) is 11.8. The summed E-state index contributed by atoms with van der Waals surface area (Å²) in [6.07, 6.45) is 3.99. The van der Waals surface area contributed by atoms with E-state index in [1.807, 2.05) is 19.1 Å². The van der Waals surface area contributed by atoms with Crippen LogP contribution in [0.1, 0.15) is 56.1 Å². The van der Waals surface area contributed by atoms with Crippen LogP contribution >= 0.6 is 0 Å². The second kappa shape index (κ2) is 8.58. The second-order valence-corrected chi connectivity index (χ2v) is 9.38. The molecule has 5 rings (SSSR count). The van der Waals surface area contributed by atoms with Crippen molar-refractivity contribution in [3.05, 3.63) is 59.4 Å². The molecule has 0 radical (unpaired) electrons. The molecule has 3 aromatic rings. The van der Waals surface area contributed by atoms with E-state index in [0.29, 0.717) is 12.0 Å². The van der Waals surface area contributed by atoms with Crippen molar-refractivity contribution in [1.29, 1.82) is 0 Å². The van der Waals surface area contributed by atoms with Crippen molar-refractivity contribution >= 4 is 22.8 Å². The fourth-order valence-corrected chi connectivity index (χ4v) is 5.60. The van der Waals surface area contributed by atoms with Gasteiger partial charge in [-0.15, -0.1) is 0 Å². The number of benzene rings is 2. The third-order valence-electron chi connectivity index (χ3n) is 7.36. The number of aromatic nitrogens is 2. The zero-order valence-corrected chi connectivity index (χ0v) is 18.9. The summed E-state index contributed by atoms with van der Waals surface area (Å²) in [5.74, 6) is 1.63. The van der Waals surface area contributed by atoms with E-state index >= 15 is 0 Å². The van der Waals surface area contributed by atoms with Gasteiger partial charge in [-0.2, -0.15) is 0 Å². The van der Waals surface area contributed by atoms with Gasteiger partial charge in [-0.05, 0) is 76.2 Å². The molecule has 6 heteroatoms. The number of nitrogens with one attached hydrogen (secondary N) is 1. The SMILES string of the molecule is C[C@H]([C@H]1CCCNC1)n1c(Cc2ccccc2)nc2c3c(ccc21)N(C(=O)O)[C@@H](C)CC3. The summed E-state index contributed by atoms with van der Waals surface area (Å²) >= 11 is 0. The lowest BCUT2D eigenvalue weighted by Crippen LogP contribution is -2.41. The third kappa shape index (κ3) is 3.66. The molecule has 168 valence electrons. The molecule has 1 amide bonds. The molecule has 1 aromatic heterocycles. The van der Waals surface area contributed by atoms with Crippen LogP contribution in [0.25, 0.3) is 11.0 Å². The number of hydrogen-bond acceptors (Lipinski definition) is 3. The molecule has 32 heavy (non-hydrogen) atoms. The quantitative estimate of drug-likeness (QED) is 0.608. The number of amides is 1. The highest BCUT2D eigenvalue weighted by atomic mass is 16.4. The number of nitrogens with zero attached hydrogens (tertiary/aromatic N) is 3. The van der Waals surface area contributed by atoms with Gasteiger partial charge in [0.05, 0.1) is 16.7 Å². The van der Waals surface area contributed by atoms with Gasteiger partial charge in [-0.3, -0.25) is 4.90 Å². The van der Waals surface area contributed by atoms with Crippen LogP contribution in [0, 0.1) is 5.92 Å². The van der Waals surface area contributed by atoms with Gasteiger partial charge < -0.3 is 15.0 Å². The number of fused-ring (bicyclic) bond motifs is 3. The summed E-state index contributed by atoms with van der Waals surface area (Å²) in [6.45, 7) is 6.43. The first-order valence-corrected chi connectivity index (χ1v) is 11.8. The van der Waals surface area contributed by atoms with Crippen molar-refractivity contribution in [3.8, 4) is 0 Å². The van der Waals surface area contributed by atoms with Crippen molar-refractivity contribution in [2.24, 2.45) is 5.92 Å². The largest absolute Gasteiger partial charge is 0.465 e. The molecular formula is C26H32N4O2. The molecule has 0 saturated carbocycles. The van der Waals surface area contributed by atoms with E-state index in [0.717, 1.165) is 60.5 Å². The van der Waals surface area contributed by atoms with E-state index in [-0.39, 0.29) is 6.04 Å².